The van der Waals surface area contributed by atoms with E-state index in [1.807, 2.05) is 0 Å². The summed E-state index contributed by atoms with van der Waals surface area (Å²) in [5.74, 6) is -0.583. The Hall–Kier alpha value is -0.940. The maximum absolute atomic E-state index is 13.4. The second-order valence-corrected chi connectivity index (χ2v) is 4.47. The Morgan fingerprint density at radius 2 is 2.13 bits per heavy atom. The van der Waals surface area contributed by atoms with Crippen LogP contribution >= 0.6 is 23.4 Å². The van der Waals surface area contributed by atoms with Crippen molar-refractivity contribution < 1.29 is 9.18 Å². The number of benzene rings is 1. The average molecular weight is 249 g/mol. The zero-order valence-electron chi connectivity index (χ0n) is 8.25. The Kier molecular flexibility index (Phi) is 3.82. The van der Waals surface area contributed by atoms with Crippen LogP contribution in [0, 0.1) is 5.82 Å². The summed E-state index contributed by atoms with van der Waals surface area (Å²) in [4.78, 5) is 12.8. The highest BCUT2D eigenvalue weighted by atomic mass is 35.5. The summed E-state index contributed by atoms with van der Waals surface area (Å²) in [6.07, 6.45) is 0. The predicted octanol–water partition coefficient (Wildman–Crippen LogP) is 2.84. The maximum Gasteiger partial charge on any atom is 0.286 e. The summed E-state index contributed by atoms with van der Waals surface area (Å²) in [6, 6.07) is 2.54. The van der Waals surface area contributed by atoms with Crippen molar-refractivity contribution >= 4 is 34.3 Å². The molecule has 0 aliphatic rings. The number of halogens is 2. The fourth-order valence-electron chi connectivity index (χ4n) is 0.867. The lowest BCUT2D eigenvalue weighted by Gasteiger charge is -2.11. The lowest BCUT2D eigenvalue weighted by Crippen LogP contribution is -2.16. The number of hydrogen-bond acceptors (Lipinski definition) is 3. The average Bonchev–Trinajstić information content (AvgIpc) is 2.10. The smallest absolute Gasteiger partial charge is 0.286 e. The first-order valence-electron chi connectivity index (χ1n) is 4.05. The van der Waals surface area contributed by atoms with Gasteiger partial charge in [0.25, 0.3) is 5.24 Å². The van der Waals surface area contributed by atoms with Crippen molar-refractivity contribution in [2.75, 3.05) is 19.8 Å². The van der Waals surface area contributed by atoms with E-state index in [0.29, 0.717) is 0 Å². The molecule has 15 heavy (non-hydrogen) atoms. The first kappa shape index (κ1) is 12.1. The fourth-order valence-corrected chi connectivity index (χ4v) is 1.77. The number of rotatable bonds is 1. The van der Waals surface area contributed by atoms with Gasteiger partial charge in [-0.3, -0.25) is 4.79 Å². The number of carbonyl (C=O) groups is 1. The zero-order chi connectivity index (χ0) is 11.6. The van der Waals surface area contributed by atoms with E-state index in [1.165, 1.54) is 11.0 Å². The third kappa shape index (κ3) is 3.00. The summed E-state index contributed by atoms with van der Waals surface area (Å²) >= 11 is 6.34. The van der Waals surface area contributed by atoms with Crippen molar-refractivity contribution in [2.24, 2.45) is 0 Å². The van der Waals surface area contributed by atoms with Crippen LogP contribution in [0.15, 0.2) is 17.0 Å². The molecule has 0 aromatic heterocycles. The molecule has 0 aliphatic carbocycles. The molecule has 2 N–H and O–H groups in total. The van der Waals surface area contributed by atoms with E-state index < -0.39 is 5.82 Å². The molecule has 0 spiro atoms. The normalized spacial score (nSPS) is 10.1. The minimum atomic E-state index is -0.583. The van der Waals surface area contributed by atoms with Gasteiger partial charge in [-0.15, -0.1) is 0 Å². The SMILES string of the molecule is CN(C)C(=O)Sc1c(N)cc(Cl)cc1F. The molecule has 0 aliphatic heterocycles. The Morgan fingerprint density at radius 1 is 1.53 bits per heavy atom. The highest BCUT2D eigenvalue weighted by Crippen LogP contribution is 2.32. The van der Waals surface area contributed by atoms with E-state index in [1.54, 1.807) is 14.1 Å². The van der Waals surface area contributed by atoms with E-state index in [9.17, 15) is 9.18 Å². The molecule has 1 rings (SSSR count). The monoisotopic (exact) mass is 248 g/mol. The molecule has 0 fully saturated rings. The predicted molar refractivity (Wildman–Crippen MR) is 60.8 cm³/mol. The summed E-state index contributed by atoms with van der Waals surface area (Å²) < 4.78 is 13.4. The van der Waals surface area contributed by atoms with Crippen LogP contribution in [-0.4, -0.2) is 24.2 Å². The maximum atomic E-state index is 13.4. The van der Waals surface area contributed by atoms with Gasteiger partial charge in [-0.05, 0) is 23.9 Å². The van der Waals surface area contributed by atoms with Crippen LogP contribution in [-0.2, 0) is 0 Å². The molecule has 6 heteroatoms. The highest BCUT2D eigenvalue weighted by molar-refractivity contribution is 8.13. The lowest BCUT2D eigenvalue weighted by atomic mass is 10.3. The van der Waals surface area contributed by atoms with Crippen molar-refractivity contribution in [1.82, 2.24) is 4.90 Å². The van der Waals surface area contributed by atoms with Crippen LogP contribution in [0.2, 0.25) is 5.02 Å². The molecular formula is C9H10ClFN2OS. The van der Waals surface area contributed by atoms with E-state index >= 15 is 0 Å². The summed E-state index contributed by atoms with van der Waals surface area (Å²) in [6.45, 7) is 0. The Bertz CT molecular complexity index is 375. The molecular weight excluding hydrogens is 239 g/mol. The molecule has 0 heterocycles. The summed E-state index contributed by atoms with van der Waals surface area (Å²) in [5.41, 5.74) is 5.72. The van der Waals surface area contributed by atoms with Crippen LogP contribution in [0.3, 0.4) is 0 Å². The fraction of sp³-hybridized carbons (Fsp3) is 0.222. The van der Waals surface area contributed by atoms with Crippen LogP contribution in [0.5, 0.6) is 0 Å². The molecule has 0 atom stereocenters. The number of carbonyl (C=O) groups excluding carboxylic acids is 1. The second-order valence-electron chi connectivity index (χ2n) is 3.07. The number of nitrogens with two attached hydrogens (primary N) is 1. The topological polar surface area (TPSA) is 46.3 Å². The molecule has 1 aromatic carbocycles. The number of anilines is 1. The van der Waals surface area contributed by atoms with Crippen LogP contribution in [0.1, 0.15) is 0 Å². The largest absolute Gasteiger partial charge is 0.398 e. The third-order valence-corrected chi connectivity index (χ3v) is 2.98. The van der Waals surface area contributed by atoms with Gasteiger partial charge in [0, 0.05) is 19.1 Å². The van der Waals surface area contributed by atoms with Gasteiger partial charge in [-0.1, -0.05) is 11.6 Å². The van der Waals surface area contributed by atoms with E-state index in [2.05, 4.69) is 0 Å². The van der Waals surface area contributed by atoms with E-state index in [-0.39, 0.29) is 20.8 Å². The molecule has 82 valence electrons. The Labute approximate surface area is 96.4 Å². The highest BCUT2D eigenvalue weighted by Gasteiger charge is 2.14. The number of thioether (sulfide) groups is 1. The van der Waals surface area contributed by atoms with Crippen molar-refractivity contribution in [3.05, 3.63) is 23.0 Å². The molecule has 0 bridgehead atoms. The molecule has 3 nitrogen and oxygen atoms in total. The quantitative estimate of drug-likeness (QED) is 0.614. The van der Waals surface area contributed by atoms with Gasteiger partial charge in [0.2, 0.25) is 0 Å². The van der Waals surface area contributed by atoms with E-state index in [0.717, 1.165) is 17.8 Å². The minimum Gasteiger partial charge on any atom is -0.398 e. The minimum absolute atomic E-state index is 0.109. The van der Waals surface area contributed by atoms with E-state index in [4.69, 9.17) is 17.3 Å². The van der Waals surface area contributed by atoms with Crippen LogP contribution < -0.4 is 5.73 Å². The Morgan fingerprint density at radius 3 is 2.60 bits per heavy atom. The number of amides is 1. The van der Waals surface area contributed by atoms with Gasteiger partial charge in [-0.25, -0.2) is 4.39 Å². The third-order valence-electron chi connectivity index (χ3n) is 1.59. The molecule has 0 saturated heterocycles. The zero-order valence-corrected chi connectivity index (χ0v) is 9.82. The molecule has 0 radical (unpaired) electrons. The summed E-state index contributed by atoms with van der Waals surface area (Å²) in [7, 11) is 3.17. The Balaban J connectivity index is 3.00. The lowest BCUT2D eigenvalue weighted by molar-refractivity contribution is 0.241. The van der Waals surface area contributed by atoms with Gasteiger partial charge >= 0.3 is 0 Å². The van der Waals surface area contributed by atoms with Gasteiger partial charge < -0.3 is 10.6 Å². The van der Waals surface area contributed by atoms with Crippen molar-refractivity contribution in [3.63, 3.8) is 0 Å². The number of nitrogen functional groups attached to an aromatic ring is 1. The van der Waals surface area contributed by atoms with Gasteiger partial charge in [0.15, 0.2) is 0 Å². The molecule has 1 amide bonds. The molecule has 1 aromatic rings. The first-order valence-corrected chi connectivity index (χ1v) is 5.25. The molecule has 0 saturated carbocycles. The van der Waals surface area contributed by atoms with Crippen molar-refractivity contribution in [2.45, 2.75) is 4.90 Å². The van der Waals surface area contributed by atoms with Crippen molar-refractivity contribution in [1.29, 1.82) is 0 Å². The van der Waals surface area contributed by atoms with Crippen LogP contribution in [0.4, 0.5) is 14.9 Å². The van der Waals surface area contributed by atoms with Gasteiger partial charge in [-0.2, -0.15) is 0 Å². The van der Waals surface area contributed by atoms with Crippen LogP contribution in [0.25, 0.3) is 0 Å². The standard InChI is InChI=1S/C9H10ClFN2OS/c1-13(2)9(14)15-8-6(11)3-5(10)4-7(8)12/h3-4H,12H2,1-2H3. The number of nitrogens with zero attached hydrogens (tertiary/aromatic N) is 1. The van der Waals surface area contributed by atoms with Crippen molar-refractivity contribution in [3.8, 4) is 0 Å². The second kappa shape index (κ2) is 4.72. The van der Waals surface area contributed by atoms with Gasteiger partial charge in [0.1, 0.15) is 5.82 Å². The molecule has 0 unspecified atom stereocenters. The summed E-state index contributed by atoms with van der Waals surface area (Å²) in [5, 5.41) is -0.0745. The van der Waals surface area contributed by atoms with Gasteiger partial charge in [0.05, 0.1) is 10.6 Å². The first-order chi connectivity index (χ1) is 6.91. The number of hydrogen-bond donors (Lipinski definition) is 1.